The average molecular weight is 422 g/mol. The van der Waals surface area contributed by atoms with E-state index in [4.69, 9.17) is 4.74 Å². The molecule has 3 aromatic rings. The van der Waals surface area contributed by atoms with Crippen LogP contribution in [-0.2, 0) is 16.1 Å². The first-order valence-electron chi connectivity index (χ1n) is 9.79. The quantitative estimate of drug-likeness (QED) is 0.635. The van der Waals surface area contributed by atoms with Crippen molar-refractivity contribution in [2.45, 2.75) is 18.5 Å². The van der Waals surface area contributed by atoms with Gasteiger partial charge < -0.3 is 15.0 Å². The number of thiophene rings is 1. The van der Waals surface area contributed by atoms with E-state index in [1.165, 1.54) is 0 Å². The summed E-state index contributed by atoms with van der Waals surface area (Å²) in [5.74, 6) is -0.692. The molecule has 154 valence electrons. The van der Waals surface area contributed by atoms with Crippen LogP contribution in [0, 0.1) is 0 Å². The molecular formula is C23H23N3O3S. The SMILES string of the molecule is COCCN1C(=O)c2ccccc2[C@@H](C(=O)NCc2cccnc2)[C@H]1c1cccs1. The summed E-state index contributed by atoms with van der Waals surface area (Å²) in [5, 5.41) is 5.02. The van der Waals surface area contributed by atoms with Gasteiger partial charge in [0.1, 0.15) is 0 Å². The number of nitrogens with one attached hydrogen (secondary N) is 1. The first-order valence-corrected chi connectivity index (χ1v) is 10.7. The van der Waals surface area contributed by atoms with Crippen LogP contribution in [0.4, 0.5) is 0 Å². The largest absolute Gasteiger partial charge is 0.383 e. The number of ether oxygens (including phenoxy) is 1. The molecule has 0 saturated heterocycles. The number of amides is 2. The summed E-state index contributed by atoms with van der Waals surface area (Å²) in [7, 11) is 1.61. The minimum absolute atomic E-state index is 0.0719. The van der Waals surface area contributed by atoms with E-state index in [9.17, 15) is 9.59 Å². The molecule has 2 atom stereocenters. The summed E-state index contributed by atoms with van der Waals surface area (Å²) < 4.78 is 5.25. The maximum atomic E-state index is 13.5. The predicted octanol–water partition coefficient (Wildman–Crippen LogP) is 3.39. The summed E-state index contributed by atoms with van der Waals surface area (Å²) >= 11 is 1.55. The van der Waals surface area contributed by atoms with Crippen molar-refractivity contribution < 1.29 is 14.3 Å². The topological polar surface area (TPSA) is 71.5 Å². The van der Waals surface area contributed by atoms with Gasteiger partial charge in [-0.1, -0.05) is 30.3 Å². The van der Waals surface area contributed by atoms with Gasteiger partial charge >= 0.3 is 0 Å². The Morgan fingerprint density at radius 3 is 2.80 bits per heavy atom. The van der Waals surface area contributed by atoms with Crippen LogP contribution < -0.4 is 5.32 Å². The third-order valence-electron chi connectivity index (χ3n) is 5.28. The highest BCUT2D eigenvalue weighted by Crippen LogP contribution is 2.44. The third kappa shape index (κ3) is 3.99. The van der Waals surface area contributed by atoms with E-state index >= 15 is 0 Å². The number of methoxy groups -OCH3 is 1. The first kappa shape index (κ1) is 20.3. The molecule has 0 spiro atoms. The van der Waals surface area contributed by atoms with Gasteiger partial charge in [-0.2, -0.15) is 0 Å². The van der Waals surface area contributed by atoms with Gasteiger partial charge in [-0.3, -0.25) is 14.6 Å². The number of benzene rings is 1. The number of pyridine rings is 1. The highest BCUT2D eigenvalue weighted by atomic mass is 32.1. The Morgan fingerprint density at radius 1 is 1.20 bits per heavy atom. The molecule has 0 aliphatic carbocycles. The van der Waals surface area contributed by atoms with Crippen molar-refractivity contribution in [1.29, 1.82) is 0 Å². The van der Waals surface area contributed by atoms with Crippen molar-refractivity contribution in [2.24, 2.45) is 0 Å². The molecule has 0 radical (unpaired) electrons. The van der Waals surface area contributed by atoms with E-state index in [-0.39, 0.29) is 17.9 Å². The summed E-state index contributed by atoms with van der Waals surface area (Å²) in [6, 6.07) is 14.7. The molecule has 0 fully saturated rings. The lowest BCUT2D eigenvalue weighted by Gasteiger charge is -2.41. The highest BCUT2D eigenvalue weighted by molar-refractivity contribution is 7.10. The Morgan fingerprint density at radius 2 is 2.07 bits per heavy atom. The molecule has 0 bridgehead atoms. The van der Waals surface area contributed by atoms with Crippen molar-refractivity contribution >= 4 is 23.2 Å². The van der Waals surface area contributed by atoms with Gasteiger partial charge in [0.15, 0.2) is 0 Å². The molecule has 0 saturated carbocycles. The lowest BCUT2D eigenvalue weighted by atomic mass is 9.81. The third-order valence-corrected chi connectivity index (χ3v) is 6.22. The van der Waals surface area contributed by atoms with Crippen molar-refractivity contribution in [1.82, 2.24) is 15.2 Å². The summed E-state index contributed by atoms with van der Waals surface area (Å²) in [6.45, 7) is 1.20. The van der Waals surface area contributed by atoms with Crippen molar-refractivity contribution in [3.8, 4) is 0 Å². The second-order valence-electron chi connectivity index (χ2n) is 7.10. The van der Waals surface area contributed by atoms with Crippen molar-refractivity contribution in [3.63, 3.8) is 0 Å². The molecule has 3 heterocycles. The van der Waals surface area contributed by atoms with E-state index in [1.54, 1.807) is 41.8 Å². The van der Waals surface area contributed by atoms with Gasteiger partial charge in [-0.25, -0.2) is 0 Å². The molecule has 6 nitrogen and oxygen atoms in total. The van der Waals surface area contributed by atoms with E-state index in [0.717, 1.165) is 16.0 Å². The molecule has 1 aliphatic rings. The molecule has 1 aliphatic heterocycles. The highest BCUT2D eigenvalue weighted by Gasteiger charge is 2.44. The Bertz CT molecular complexity index is 1010. The summed E-state index contributed by atoms with van der Waals surface area (Å²) in [6.07, 6.45) is 3.44. The second-order valence-corrected chi connectivity index (χ2v) is 8.07. The van der Waals surface area contributed by atoms with Gasteiger partial charge in [0.25, 0.3) is 5.91 Å². The van der Waals surface area contributed by atoms with Crippen LogP contribution in [0.2, 0.25) is 0 Å². The Balaban J connectivity index is 1.72. The minimum Gasteiger partial charge on any atom is -0.383 e. The maximum Gasteiger partial charge on any atom is 0.254 e. The molecule has 0 unspecified atom stereocenters. The van der Waals surface area contributed by atoms with Crippen molar-refractivity contribution in [2.75, 3.05) is 20.3 Å². The Hall–Kier alpha value is -3.03. The van der Waals surface area contributed by atoms with Crippen LogP contribution in [0.5, 0.6) is 0 Å². The van der Waals surface area contributed by atoms with E-state index in [1.807, 2.05) is 47.8 Å². The number of aromatic nitrogens is 1. The van der Waals surface area contributed by atoms with Crippen LogP contribution in [0.15, 0.2) is 66.3 Å². The molecular weight excluding hydrogens is 398 g/mol. The molecule has 1 aromatic carbocycles. The second kappa shape index (κ2) is 9.19. The van der Waals surface area contributed by atoms with Crippen LogP contribution >= 0.6 is 11.3 Å². The fourth-order valence-electron chi connectivity index (χ4n) is 3.89. The van der Waals surface area contributed by atoms with Gasteiger partial charge in [0, 0.05) is 43.0 Å². The molecule has 30 heavy (non-hydrogen) atoms. The normalized spacial score (nSPS) is 18.2. The van der Waals surface area contributed by atoms with Crippen LogP contribution in [-0.4, -0.2) is 42.0 Å². The Labute approximate surface area is 179 Å². The lowest BCUT2D eigenvalue weighted by molar-refractivity contribution is -0.124. The fourth-order valence-corrected chi connectivity index (χ4v) is 4.76. The summed E-state index contributed by atoms with van der Waals surface area (Å²) in [4.78, 5) is 33.6. The standard InChI is InChI=1S/C23H23N3O3S/c1-29-12-11-26-21(19-9-5-13-30-19)20(17-7-2-3-8-18(17)23(26)28)22(27)25-15-16-6-4-10-24-14-16/h2-10,13-14,20-21H,11-12,15H2,1H3,(H,25,27)/t20-,21-/m1/s1. The van der Waals surface area contributed by atoms with Gasteiger partial charge in [-0.05, 0) is 34.7 Å². The van der Waals surface area contributed by atoms with E-state index in [2.05, 4.69) is 10.3 Å². The zero-order valence-corrected chi connectivity index (χ0v) is 17.5. The zero-order valence-electron chi connectivity index (χ0n) is 16.7. The van der Waals surface area contributed by atoms with Crippen LogP contribution in [0.1, 0.15) is 38.3 Å². The van der Waals surface area contributed by atoms with Gasteiger partial charge in [-0.15, -0.1) is 11.3 Å². The van der Waals surface area contributed by atoms with Crippen LogP contribution in [0.25, 0.3) is 0 Å². The number of rotatable bonds is 7. The molecule has 7 heteroatoms. The summed E-state index contributed by atoms with van der Waals surface area (Å²) in [5.41, 5.74) is 2.26. The van der Waals surface area contributed by atoms with Gasteiger partial charge in [0.05, 0.1) is 18.6 Å². The fraction of sp³-hybridized carbons (Fsp3) is 0.261. The van der Waals surface area contributed by atoms with Crippen molar-refractivity contribution in [3.05, 3.63) is 87.9 Å². The minimum atomic E-state index is -0.508. The monoisotopic (exact) mass is 421 g/mol. The lowest BCUT2D eigenvalue weighted by Crippen LogP contribution is -2.48. The van der Waals surface area contributed by atoms with E-state index in [0.29, 0.717) is 25.3 Å². The number of hydrogen-bond acceptors (Lipinski definition) is 5. The number of carbonyl (C=O) groups is 2. The molecule has 2 amide bonds. The van der Waals surface area contributed by atoms with E-state index < -0.39 is 5.92 Å². The predicted molar refractivity (Wildman–Crippen MR) is 115 cm³/mol. The number of nitrogens with zero attached hydrogens (tertiary/aromatic N) is 2. The Kier molecular flexibility index (Phi) is 6.21. The van der Waals surface area contributed by atoms with Gasteiger partial charge in [0.2, 0.25) is 5.91 Å². The smallest absolute Gasteiger partial charge is 0.254 e. The zero-order chi connectivity index (χ0) is 20.9. The molecule has 2 aromatic heterocycles. The van der Waals surface area contributed by atoms with Crippen LogP contribution in [0.3, 0.4) is 0 Å². The first-order chi connectivity index (χ1) is 14.7. The number of fused-ring (bicyclic) bond motifs is 1. The molecule has 1 N–H and O–H groups in total. The maximum absolute atomic E-state index is 13.5. The average Bonchev–Trinajstić information content (AvgIpc) is 3.32. The number of hydrogen-bond donors (Lipinski definition) is 1. The number of carbonyl (C=O) groups excluding carboxylic acids is 2. The molecule has 4 rings (SSSR count).